The number of methoxy groups -OCH3 is 1. The van der Waals surface area contributed by atoms with E-state index in [1.165, 1.54) is 6.42 Å². The fourth-order valence-corrected chi connectivity index (χ4v) is 5.08. The van der Waals surface area contributed by atoms with Crippen molar-refractivity contribution < 1.29 is 19.1 Å². The molecule has 0 radical (unpaired) electrons. The van der Waals surface area contributed by atoms with E-state index >= 15 is 0 Å². The molecule has 3 amide bonds. The number of anilines is 1. The number of likely N-dealkylation sites (tertiary alicyclic amines) is 1. The third-order valence-electron chi connectivity index (χ3n) is 6.97. The number of piperidine rings is 1. The Balaban J connectivity index is 1.26. The van der Waals surface area contributed by atoms with E-state index < -0.39 is 0 Å². The van der Waals surface area contributed by atoms with Crippen LogP contribution in [0.15, 0.2) is 24.3 Å². The van der Waals surface area contributed by atoms with E-state index in [4.69, 9.17) is 4.74 Å². The average molecular weight is 428 g/mol. The van der Waals surface area contributed by atoms with Crippen LogP contribution in [0.2, 0.25) is 0 Å². The molecule has 4 rings (SSSR count). The number of nitrogens with one attached hydrogen (secondary N) is 1. The topological polar surface area (TPSA) is 79.0 Å². The van der Waals surface area contributed by atoms with Gasteiger partial charge < -0.3 is 19.9 Å². The van der Waals surface area contributed by atoms with Gasteiger partial charge in [-0.3, -0.25) is 14.4 Å². The number of carbonyl (C=O) groups excluding carboxylic acids is 3. The SMILES string of the molecule is COc1cccc(N2CC(C(=O)NC3CCN(C(=O)C4CCCCC4)CC3)CC2=O)c1. The number of hydrogen-bond donors (Lipinski definition) is 1. The van der Waals surface area contributed by atoms with E-state index in [9.17, 15) is 14.4 Å². The third kappa shape index (κ3) is 5.02. The Labute approximate surface area is 184 Å². The van der Waals surface area contributed by atoms with Crippen LogP contribution in [0.1, 0.15) is 51.4 Å². The van der Waals surface area contributed by atoms with Gasteiger partial charge in [0.25, 0.3) is 0 Å². The van der Waals surface area contributed by atoms with Gasteiger partial charge in [-0.25, -0.2) is 0 Å². The molecule has 1 unspecified atom stereocenters. The molecule has 7 nitrogen and oxygen atoms in total. The number of rotatable bonds is 5. The fourth-order valence-electron chi connectivity index (χ4n) is 5.08. The largest absolute Gasteiger partial charge is 0.497 e. The highest BCUT2D eigenvalue weighted by Gasteiger charge is 2.37. The fraction of sp³-hybridized carbons (Fsp3) is 0.625. The minimum atomic E-state index is -0.347. The zero-order valence-electron chi connectivity index (χ0n) is 18.3. The van der Waals surface area contributed by atoms with Crippen molar-refractivity contribution in [3.63, 3.8) is 0 Å². The molecular weight excluding hydrogens is 394 g/mol. The molecule has 2 heterocycles. The normalized spacial score (nSPS) is 23.1. The van der Waals surface area contributed by atoms with Gasteiger partial charge in [-0.05, 0) is 37.8 Å². The number of nitrogens with zero attached hydrogens (tertiary/aromatic N) is 2. The lowest BCUT2D eigenvalue weighted by Crippen LogP contribution is -2.49. The first kappa shape index (κ1) is 21.7. The first-order valence-electron chi connectivity index (χ1n) is 11.6. The average Bonchev–Trinajstić information content (AvgIpc) is 3.21. The van der Waals surface area contributed by atoms with Crippen molar-refractivity contribution in [3.05, 3.63) is 24.3 Å². The van der Waals surface area contributed by atoms with Crippen molar-refractivity contribution in [2.24, 2.45) is 11.8 Å². The molecule has 1 N–H and O–H groups in total. The highest BCUT2D eigenvalue weighted by molar-refractivity contribution is 6.00. The van der Waals surface area contributed by atoms with E-state index in [0.717, 1.165) is 44.2 Å². The smallest absolute Gasteiger partial charge is 0.227 e. The molecule has 2 aliphatic heterocycles. The lowest BCUT2D eigenvalue weighted by atomic mass is 9.87. The van der Waals surface area contributed by atoms with Gasteiger partial charge in [-0.2, -0.15) is 0 Å². The molecule has 1 aromatic rings. The number of carbonyl (C=O) groups is 3. The van der Waals surface area contributed by atoms with Crippen LogP contribution in [0.4, 0.5) is 5.69 Å². The number of amides is 3. The van der Waals surface area contributed by atoms with Crippen molar-refractivity contribution in [1.82, 2.24) is 10.2 Å². The Morgan fingerprint density at radius 2 is 1.77 bits per heavy atom. The molecule has 3 aliphatic rings. The second-order valence-corrected chi connectivity index (χ2v) is 9.05. The third-order valence-corrected chi connectivity index (χ3v) is 6.97. The lowest BCUT2D eigenvalue weighted by molar-refractivity contribution is -0.137. The lowest BCUT2D eigenvalue weighted by Gasteiger charge is -2.35. The second kappa shape index (κ2) is 9.71. The van der Waals surface area contributed by atoms with Gasteiger partial charge in [0.1, 0.15) is 5.75 Å². The zero-order chi connectivity index (χ0) is 21.8. The van der Waals surface area contributed by atoms with Gasteiger partial charge in [0.2, 0.25) is 17.7 Å². The molecular formula is C24H33N3O4. The summed E-state index contributed by atoms with van der Waals surface area (Å²) in [6, 6.07) is 7.43. The van der Waals surface area contributed by atoms with Crippen LogP contribution in [0.25, 0.3) is 0 Å². The van der Waals surface area contributed by atoms with Gasteiger partial charge in [-0.15, -0.1) is 0 Å². The van der Waals surface area contributed by atoms with E-state index in [0.29, 0.717) is 31.3 Å². The maximum absolute atomic E-state index is 12.8. The molecule has 1 aromatic carbocycles. The summed E-state index contributed by atoms with van der Waals surface area (Å²) in [5, 5.41) is 3.13. The van der Waals surface area contributed by atoms with E-state index in [1.807, 2.05) is 29.2 Å². The van der Waals surface area contributed by atoms with Gasteiger partial charge in [0.15, 0.2) is 0 Å². The molecule has 2 saturated heterocycles. The molecule has 1 saturated carbocycles. The van der Waals surface area contributed by atoms with Crippen molar-refractivity contribution in [3.8, 4) is 5.75 Å². The van der Waals surface area contributed by atoms with Gasteiger partial charge in [0.05, 0.1) is 13.0 Å². The Hall–Kier alpha value is -2.57. The van der Waals surface area contributed by atoms with Gasteiger partial charge in [0, 0.05) is 49.8 Å². The summed E-state index contributed by atoms with van der Waals surface area (Å²) >= 11 is 0. The zero-order valence-corrected chi connectivity index (χ0v) is 18.3. The Bertz CT molecular complexity index is 813. The molecule has 1 aliphatic carbocycles. The van der Waals surface area contributed by atoms with Crippen LogP contribution >= 0.6 is 0 Å². The molecule has 0 bridgehead atoms. The van der Waals surface area contributed by atoms with Gasteiger partial charge >= 0.3 is 0 Å². The van der Waals surface area contributed by atoms with Crippen molar-refractivity contribution in [2.75, 3.05) is 31.6 Å². The van der Waals surface area contributed by atoms with Crippen molar-refractivity contribution >= 4 is 23.4 Å². The Morgan fingerprint density at radius 1 is 1.03 bits per heavy atom. The van der Waals surface area contributed by atoms with Crippen molar-refractivity contribution in [1.29, 1.82) is 0 Å². The quantitative estimate of drug-likeness (QED) is 0.784. The van der Waals surface area contributed by atoms with Crippen LogP contribution in [0.3, 0.4) is 0 Å². The number of benzene rings is 1. The monoisotopic (exact) mass is 427 g/mol. The minimum Gasteiger partial charge on any atom is -0.497 e. The first-order chi connectivity index (χ1) is 15.0. The van der Waals surface area contributed by atoms with E-state index in [-0.39, 0.29) is 36.1 Å². The summed E-state index contributed by atoms with van der Waals surface area (Å²) in [5.74, 6) is 0.747. The predicted octanol–water partition coefficient (Wildman–Crippen LogP) is 2.74. The summed E-state index contributed by atoms with van der Waals surface area (Å²) in [7, 11) is 1.59. The summed E-state index contributed by atoms with van der Waals surface area (Å²) in [6.07, 6.45) is 7.41. The van der Waals surface area contributed by atoms with Crippen LogP contribution in [0, 0.1) is 11.8 Å². The maximum atomic E-state index is 12.8. The van der Waals surface area contributed by atoms with Crippen LogP contribution in [0.5, 0.6) is 5.75 Å². The van der Waals surface area contributed by atoms with E-state index in [2.05, 4.69) is 5.32 Å². The molecule has 3 fully saturated rings. The van der Waals surface area contributed by atoms with Crippen LogP contribution < -0.4 is 15.0 Å². The highest BCUT2D eigenvalue weighted by Crippen LogP contribution is 2.29. The Morgan fingerprint density at radius 3 is 2.48 bits per heavy atom. The number of hydrogen-bond acceptors (Lipinski definition) is 4. The summed E-state index contributed by atoms with van der Waals surface area (Å²) in [5.41, 5.74) is 0.759. The summed E-state index contributed by atoms with van der Waals surface area (Å²) < 4.78 is 5.24. The molecule has 31 heavy (non-hydrogen) atoms. The van der Waals surface area contributed by atoms with Crippen LogP contribution in [-0.4, -0.2) is 55.4 Å². The Kier molecular flexibility index (Phi) is 6.78. The number of ether oxygens (including phenoxy) is 1. The van der Waals surface area contributed by atoms with Gasteiger partial charge in [-0.1, -0.05) is 25.3 Å². The molecule has 0 aromatic heterocycles. The standard InChI is InChI=1S/C24H33N3O4/c1-31-21-9-5-8-20(15-21)27-16-18(14-22(27)28)23(29)25-19-10-12-26(13-11-19)24(30)17-6-3-2-4-7-17/h5,8-9,15,17-19H,2-4,6-7,10-14,16H2,1H3,(H,25,29). The molecule has 7 heteroatoms. The highest BCUT2D eigenvalue weighted by atomic mass is 16.5. The van der Waals surface area contributed by atoms with Crippen molar-refractivity contribution in [2.45, 2.75) is 57.4 Å². The summed E-state index contributed by atoms with van der Waals surface area (Å²) in [6.45, 7) is 1.80. The summed E-state index contributed by atoms with van der Waals surface area (Å²) in [4.78, 5) is 41.7. The molecule has 168 valence electrons. The van der Waals surface area contributed by atoms with Crippen LogP contribution in [-0.2, 0) is 14.4 Å². The molecule has 0 spiro atoms. The second-order valence-electron chi connectivity index (χ2n) is 9.05. The van der Waals surface area contributed by atoms with E-state index in [1.54, 1.807) is 12.0 Å². The predicted molar refractivity (Wildman–Crippen MR) is 118 cm³/mol. The first-order valence-corrected chi connectivity index (χ1v) is 11.6. The maximum Gasteiger partial charge on any atom is 0.227 e. The minimum absolute atomic E-state index is 0.0405. The molecule has 1 atom stereocenters.